The topological polar surface area (TPSA) is 37.3 Å². The van der Waals surface area contributed by atoms with E-state index in [1.807, 2.05) is 12.1 Å². The monoisotopic (exact) mass is 198 g/mol. The van der Waals surface area contributed by atoms with Gasteiger partial charge in [0.25, 0.3) is 6.47 Å². The van der Waals surface area contributed by atoms with E-state index in [2.05, 4.69) is 13.8 Å². The van der Waals surface area contributed by atoms with Crippen molar-refractivity contribution in [3.63, 3.8) is 0 Å². The van der Waals surface area contributed by atoms with Gasteiger partial charge < -0.3 is 5.11 Å². The lowest BCUT2D eigenvalue weighted by Crippen LogP contribution is -1.96. The molecule has 0 amide bonds. The van der Waals surface area contributed by atoms with Gasteiger partial charge in [0.15, 0.2) is 0 Å². The smallest absolute Gasteiger partial charge is 0.290 e. The summed E-state index contributed by atoms with van der Waals surface area (Å²) in [6.45, 7) is 3.93. The molecule has 0 saturated heterocycles. The maximum absolute atomic E-state index is 12.9. The highest BCUT2D eigenvalue weighted by Gasteiger charge is 2.01. The number of hydrogen-bond acceptors (Lipinski definition) is 1. The lowest BCUT2D eigenvalue weighted by Gasteiger charge is -2.04. The van der Waals surface area contributed by atoms with Crippen molar-refractivity contribution < 1.29 is 14.3 Å². The lowest BCUT2D eigenvalue weighted by atomic mass is 10.0. The zero-order chi connectivity index (χ0) is 11.0. The molecular weight excluding hydrogens is 183 g/mol. The van der Waals surface area contributed by atoms with Crippen LogP contribution in [0.4, 0.5) is 4.39 Å². The summed E-state index contributed by atoms with van der Waals surface area (Å²) >= 11 is 0. The van der Waals surface area contributed by atoms with Crippen molar-refractivity contribution in [3.8, 4) is 0 Å². The van der Waals surface area contributed by atoms with E-state index in [4.69, 9.17) is 9.90 Å². The summed E-state index contributed by atoms with van der Waals surface area (Å²) in [4.78, 5) is 8.36. The molecule has 0 aliphatic heterocycles. The first kappa shape index (κ1) is 12.6. The van der Waals surface area contributed by atoms with Crippen molar-refractivity contribution in [2.75, 3.05) is 0 Å². The third kappa shape index (κ3) is 5.30. The van der Waals surface area contributed by atoms with E-state index in [-0.39, 0.29) is 12.3 Å². The van der Waals surface area contributed by atoms with E-state index >= 15 is 0 Å². The minimum Gasteiger partial charge on any atom is -0.483 e. The van der Waals surface area contributed by atoms with Crippen LogP contribution in [0, 0.1) is 11.7 Å². The summed E-state index contributed by atoms with van der Waals surface area (Å²) in [5.41, 5.74) is 0.822. The van der Waals surface area contributed by atoms with Crippen molar-refractivity contribution in [3.05, 3.63) is 35.6 Å². The predicted molar refractivity (Wildman–Crippen MR) is 53.6 cm³/mol. The van der Waals surface area contributed by atoms with E-state index < -0.39 is 0 Å². The molecule has 0 atom stereocenters. The number of carboxylic acid groups (broad SMARTS) is 1. The molecule has 0 radical (unpaired) electrons. The first-order chi connectivity index (χ1) is 6.61. The summed E-state index contributed by atoms with van der Waals surface area (Å²) in [5.74, 6) is 0.438. The van der Waals surface area contributed by atoms with Gasteiger partial charge in [-0.15, -0.1) is 0 Å². The average molecular weight is 198 g/mol. The molecule has 0 unspecified atom stereocenters. The minimum atomic E-state index is -0.250. The number of carbonyl (C=O) groups is 1. The van der Waals surface area contributed by atoms with Crippen molar-refractivity contribution in [1.82, 2.24) is 0 Å². The minimum absolute atomic E-state index is 0.0822. The maximum Gasteiger partial charge on any atom is 0.290 e. The molecule has 3 heteroatoms. The van der Waals surface area contributed by atoms with E-state index in [0.717, 1.165) is 12.0 Å². The maximum atomic E-state index is 12.9. The van der Waals surface area contributed by atoms with Crippen LogP contribution in [0.2, 0.25) is 0 Å². The van der Waals surface area contributed by atoms with Gasteiger partial charge in [0.1, 0.15) is 5.82 Å². The molecule has 14 heavy (non-hydrogen) atoms. The summed E-state index contributed by atoms with van der Waals surface area (Å²) in [5, 5.41) is 6.89. The average Bonchev–Trinajstić information content (AvgIpc) is 2.09. The van der Waals surface area contributed by atoms with Gasteiger partial charge in [0, 0.05) is 0 Å². The van der Waals surface area contributed by atoms with Crippen molar-refractivity contribution in [2.24, 2.45) is 5.92 Å². The third-order valence-corrected chi connectivity index (χ3v) is 1.59. The van der Waals surface area contributed by atoms with Gasteiger partial charge in [-0.2, -0.15) is 0 Å². The predicted octanol–water partition coefficient (Wildman–Crippen LogP) is 2.73. The lowest BCUT2D eigenvalue weighted by molar-refractivity contribution is -0.122. The Balaban J connectivity index is 0.000000500. The van der Waals surface area contributed by atoms with Crippen LogP contribution in [0.25, 0.3) is 0 Å². The first-order valence-corrected chi connectivity index (χ1v) is 4.43. The van der Waals surface area contributed by atoms with Gasteiger partial charge in [0.05, 0.1) is 0 Å². The molecule has 1 aromatic rings. The number of hydrogen-bond donors (Lipinski definition) is 1. The molecule has 0 heterocycles. The van der Waals surface area contributed by atoms with Crippen LogP contribution < -0.4 is 0 Å². The third-order valence-electron chi connectivity index (χ3n) is 1.59. The van der Waals surface area contributed by atoms with Crippen molar-refractivity contribution in [2.45, 2.75) is 20.3 Å². The Morgan fingerprint density at radius 2 is 1.93 bits per heavy atom. The fourth-order valence-corrected chi connectivity index (χ4v) is 1.10. The summed E-state index contributed by atoms with van der Waals surface area (Å²) in [6, 6.07) is 6.95. The Kier molecular flexibility index (Phi) is 6.37. The quantitative estimate of drug-likeness (QED) is 0.742. The molecule has 1 aromatic carbocycles. The van der Waals surface area contributed by atoms with Gasteiger partial charge >= 0.3 is 0 Å². The molecule has 0 aromatic heterocycles. The summed E-state index contributed by atoms with van der Waals surface area (Å²) in [6.07, 6.45) is 0.826. The summed E-state index contributed by atoms with van der Waals surface area (Å²) < 4.78 is 12.9. The second-order valence-corrected chi connectivity index (χ2v) is 3.29. The molecule has 2 nitrogen and oxygen atoms in total. The van der Waals surface area contributed by atoms with Crippen LogP contribution in [0.5, 0.6) is 0 Å². The highest BCUT2D eigenvalue weighted by molar-refractivity contribution is 5.32. The van der Waals surface area contributed by atoms with E-state index in [1.54, 1.807) is 6.07 Å². The van der Waals surface area contributed by atoms with Crippen LogP contribution >= 0.6 is 0 Å². The van der Waals surface area contributed by atoms with Gasteiger partial charge in [-0.25, -0.2) is 4.39 Å². The highest BCUT2D eigenvalue weighted by Crippen LogP contribution is 2.11. The van der Waals surface area contributed by atoms with E-state index in [0.29, 0.717) is 5.92 Å². The van der Waals surface area contributed by atoms with Gasteiger partial charge in [0.2, 0.25) is 0 Å². The highest BCUT2D eigenvalue weighted by atomic mass is 19.1. The molecule has 0 saturated carbocycles. The standard InChI is InChI=1S/C10H13F.CH2O2/c1-8(2)7-9-5-3-4-6-10(9)11;2-1-3/h3-6,8H,7H2,1-2H3;1H,(H,2,3). The molecule has 0 aliphatic carbocycles. The number of halogens is 1. The van der Waals surface area contributed by atoms with Crippen molar-refractivity contribution in [1.29, 1.82) is 0 Å². The Bertz CT molecular complexity index is 272. The molecule has 0 spiro atoms. The van der Waals surface area contributed by atoms with Crippen LogP contribution in [-0.4, -0.2) is 11.6 Å². The normalized spacial score (nSPS) is 9.14. The van der Waals surface area contributed by atoms with Crippen LogP contribution in [0.1, 0.15) is 19.4 Å². The molecule has 0 aliphatic rings. The van der Waals surface area contributed by atoms with Gasteiger partial charge in [-0.3, -0.25) is 4.79 Å². The van der Waals surface area contributed by atoms with Crippen molar-refractivity contribution >= 4 is 6.47 Å². The second-order valence-electron chi connectivity index (χ2n) is 3.29. The van der Waals surface area contributed by atoms with Gasteiger partial charge in [-0.1, -0.05) is 32.0 Å². The first-order valence-electron chi connectivity index (χ1n) is 4.43. The van der Waals surface area contributed by atoms with Crippen LogP contribution in [0.3, 0.4) is 0 Å². The number of rotatable bonds is 2. The zero-order valence-electron chi connectivity index (χ0n) is 8.40. The fourth-order valence-electron chi connectivity index (χ4n) is 1.10. The Hall–Kier alpha value is -1.38. The molecule has 1 rings (SSSR count). The van der Waals surface area contributed by atoms with Crippen LogP contribution in [-0.2, 0) is 11.2 Å². The Labute approximate surface area is 83.4 Å². The Morgan fingerprint density at radius 3 is 2.36 bits per heavy atom. The van der Waals surface area contributed by atoms with Crippen LogP contribution in [0.15, 0.2) is 24.3 Å². The fraction of sp³-hybridized carbons (Fsp3) is 0.364. The van der Waals surface area contributed by atoms with E-state index in [1.165, 1.54) is 6.07 Å². The van der Waals surface area contributed by atoms with Gasteiger partial charge in [-0.05, 0) is 24.0 Å². The summed E-state index contributed by atoms with van der Waals surface area (Å²) in [7, 11) is 0. The SMILES string of the molecule is CC(C)Cc1ccccc1F.O=CO. The Morgan fingerprint density at radius 1 is 1.43 bits per heavy atom. The molecular formula is C11H15FO2. The zero-order valence-corrected chi connectivity index (χ0v) is 8.40. The molecule has 0 fully saturated rings. The largest absolute Gasteiger partial charge is 0.483 e. The molecule has 78 valence electrons. The van der Waals surface area contributed by atoms with E-state index in [9.17, 15) is 4.39 Å². The number of benzene rings is 1. The molecule has 0 bridgehead atoms. The molecule has 1 N–H and O–H groups in total. The second kappa shape index (κ2) is 7.06.